The predicted molar refractivity (Wildman–Crippen MR) is 90.9 cm³/mol. The number of rotatable bonds is 2. The SMILES string of the molecule is CC(C)c1ccc([C@@H]2ON=C3c4ccccc4OC[C@]32C#N)cc1. The molecule has 0 unspecified atom stereocenters. The van der Waals surface area contributed by atoms with Crippen LogP contribution in [-0.4, -0.2) is 12.3 Å². The average Bonchev–Trinajstić information content (AvgIpc) is 3.02. The fourth-order valence-corrected chi connectivity index (χ4v) is 3.36. The number of nitriles is 1. The van der Waals surface area contributed by atoms with Crippen LogP contribution >= 0.6 is 0 Å². The van der Waals surface area contributed by atoms with Gasteiger partial charge in [-0.3, -0.25) is 0 Å². The first-order chi connectivity index (χ1) is 11.7. The first-order valence-corrected chi connectivity index (χ1v) is 8.13. The van der Waals surface area contributed by atoms with E-state index in [4.69, 9.17) is 9.57 Å². The molecule has 0 amide bonds. The molecule has 120 valence electrons. The van der Waals surface area contributed by atoms with Crippen LogP contribution in [0.25, 0.3) is 0 Å². The summed E-state index contributed by atoms with van der Waals surface area (Å²) < 4.78 is 5.86. The molecule has 0 spiro atoms. The number of hydrogen-bond donors (Lipinski definition) is 0. The standard InChI is InChI=1S/C20H18N2O2/c1-13(2)14-7-9-15(10-8-14)19-20(11-21)12-23-17-6-4-3-5-16(17)18(20)22-24-19/h3-10,13,19H,12H2,1-2H3/t19-,20+/m0/s1. The average molecular weight is 318 g/mol. The Hall–Kier alpha value is -2.80. The van der Waals surface area contributed by atoms with Crippen LogP contribution in [-0.2, 0) is 4.84 Å². The molecule has 2 aliphatic rings. The molecule has 4 heteroatoms. The molecule has 0 bridgehead atoms. The number of ether oxygens (including phenoxy) is 1. The van der Waals surface area contributed by atoms with E-state index in [0.717, 1.165) is 16.9 Å². The van der Waals surface area contributed by atoms with Gasteiger partial charge in [-0.05, 0) is 29.2 Å². The molecule has 0 N–H and O–H groups in total. The van der Waals surface area contributed by atoms with Gasteiger partial charge in [0.2, 0.25) is 0 Å². The van der Waals surface area contributed by atoms with Gasteiger partial charge < -0.3 is 9.57 Å². The molecule has 2 aromatic carbocycles. The van der Waals surface area contributed by atoms with Crippen LogP contribution in [0.1, 0.15) is 42.6 Å². The number of benzene rings is 2. The van der Waals surface area contributed by atoms with Crippen molar-refractivity contribution in [1.29, 1.82) is 5.26 Å². The van der Waals surface area contributed by atoms with Crippen molar-refractivity contribution in [3.63, 3.8) is 0 Å². The zero-order chi connectivity index (χ0) is 16.7. The quantitative estimate of drug-likeness (QED) is 0.834. The van der Waals surface area contributed by atoms with Crippen molar-refractivity contribution < 1.29 is 9.57 Å². The molecule has 0 saturated carbocycles. The number of fused-ring (bicyclic) bond motifs is 3. The van der Waals surface area contributed by atoms with E-state index < -0.39 is 11.5 Å². The van der Waals surface area contributed by atoms with Crippen LogP contribution < -0.4 is 4.74 Å². The normalized spacial score (nSPS) is 24.2. The number of nitrogens with zero attached hydrogens (tertiary/aromatic N) is 2. The van der Waals surface area contributed by atoms with Crippen LogP contribution in [0.4, 0.5) is 0 Å². The minimum absolute atomic E-state index is 0.246. The van der Waals surface area contributed by atoms with Crippen LogP contribution in [0, 0.1) is 16.7 Å². The molecule has 2 atom stereocenters. The Balaban J connectivity index is 1.75. The van der Waals surface area contributed by atoms with Crippen LogP contribution in [0.3, 0.4) is 0 Å². The summed E-state index contributed by atoms with van der Waals surface area (Å²) in [4.78, 5) is 5.72. The molecule has 0 saturated heterocycles. The van der Waals surface area contributed by atoms with Crippen LogP contribution in [0.2, 0.25) is 0 Å². The lowest BCUT2D eigenvalue weighted by Gasteiger charge is -2.32. The first-order valence-electron chi connectivity index (χ1n) is 8.13. The van der Waals surface area contributed by atoms with E-state index >= 15 is 0 Å². The Morgan fingerprint density at radius 3 is 2.62 bits per heavy atom. The lowest BCUT2D eigenvalue weighted by atomic mass is 9.73. The van der Waals surface area contributed by atoms with E-state index in [2.05, 4.69) is 37.2 Å². The van der Waals surface area contributed by atoms with E-state index in [1.54, 1.807) is 0 Å². The Morgan fingerprint density at radius 2 is 1.92 bits per heavy atom. The predicted octanol–water partition coefficient (Wildman–Crippen LogP) is 4.19. The second-order valence-corrected chi connectivity index (χ2v) is 6.61. The molecule has 24 heavy (non-hydrogen) atoms. The van der Waals surface area contributed by atoms with Crippen molar-refractivity contribution in [3.05, 3.63) is 65.2 Å². The highest BCUT2D eigenvalue weighted by Gasteiger charge is 2.55. The molecular weight excluding hydrogens is 300 g/mol. The summed E-state index contributed by atoms with van der Waals surface area (Å²) in [7, 11) is 0. The largest absolute Gasteiger partial charge is 0.491 e. The lowest BCUT2D eigenvalue weighted by molar-refractivity contribution is 0.0242. The van der Waals surface area contributed by atoms with Gasteiger partial charge in [0.15, 0.2) is 11.5 Å². The maximum Gasteiger partial charge on any atom is 0.180 e. The van der Waals surface area contributed by atoms with E-state index in [1.165, 1.54) is 5.56 Å². The van der Waals surface area contributed by atoms with Gasteiger partial charge in [0.25, 0.3) is 0 Å². The maximum atomic E-state index is 9.96. The summed E-state index contributed by atoms with van der Waals surface area (Å²) in [6, 6.07) is 18.3. The minimum atomic E-state index is -0.909. The molecular formula is C20H18N2O2. The van der Waals surface area contributed by atoms with Crippen molar-refractivity contribution in [2.45, 2.75) is 25.9 Å². The summed E-state index contributed by atoms with van der Waals surface area (Å²) in [6.45, 7) is 4.56. The summed E-state index contributed by atoms with van der Waals surface area (Å²) in [6.07, 6.45) is -0.452. The second-order valence-electron chi connectivity index (χ2n) is 6.61. The summed E-state index contributed by atoms with van der Waals surface area (Å²) in [5, 5.41) is 14.2. The topological polar surface area (TPSA) is 54.6 Å². The van der Waals surface area contributed by atoms with Gasteiger partial charge >= 0.3 is 0 Å². The van der Waals surface area contributed by atoms with Gasteiger partial charge in [0, 0.05) is 5.56 Å². The molecule has 4 nitrogen and oxygen atoms in total. The third kappa shape index (κ3) is 2.01. The van der Waals surface area contributed by atoms with Crippen molar-refractivity contribution in [1.82, 2.24) is 0 Å². The zero-order valence-corrected chi connectivity index (χ0v) is 13.7. The van der Waals surface area contributed by atoms with Crippen LogP contribution in [0.15, 0.2) is 53.7 Å². The molecule has 2 aliphatic heterocycles. The molecule has 0 aliphatic carbocycles. The van der Waals surface area contributed by atoms with Gasteiger partial charge in [-0.1, -0.05) is 55.4 Å². The number of hydrogen-bond acceptors (Lipinski definition) is 4. The third-order valence-electron chi connectivity index (χ3n) is 4.82. The van der Waals surface area contributed by atoms with E-state index in [9.17, 15) is 5.26 Å². The van der Waals surface area contributed by atoms with E-state index in [-0.39, 0.29) is 6.61 Å². The van der Waals surface area contributed by atoms with Crippen molar-refractivity contribution in [2.24, 2.45) is 10.6 Å². The molecule has 2 aromatic rings. The van der Waals surface area contributed by atoms with E-state index in [1.807, 2.05) is 36.4 Å². The third-order valence-corrected chi connectivity index (χ3v) is 4.82. The van der Waals surface area contributed by atoms with Crippen LogP contribution in [0.5, 0.6) is 5.75 Å². The zero-order valence-electron chi connectivity index (χ0n) is 13.7. The van der Waals surface area contributed by atoms with Crippen molar-refractivity contribution in [2.75, 3.05) is 6.61 Å². The van der Waals surface area contributed by atoms with E-state index in [0.29, 0.717) is 11.6 Å². The lowest BCUT2D eigenvalue weighted by Crippen LogP contribution is -2.42. The molecule has 0 radical (unpaired) electrons. The summed E-state index contributed by atoms with van der Waals surface area (Å²) >= 11 is 0. The highest BCUT2D eigenvalue weighted by Crippen LogP contribution is 2.49. The molecule has 4 rings (SSSR count). The highest BCUT2D eigenvalue weighted by molar-refractivity contribution is 6.10. The smallest absolute Gasteiger partial charge is 0.180 e. The second kappa shape index (κ2) is 5.38. The van der Waals surface area contributed by atoms with Gasteiger partial charge in [0.1, 0.15) is 18.1 Å². The first kappa shape index (κ1) is 14.8. The monoisotopic (exact) mass is 318 g/mol. The fourth-order valence-electron chi connectivity index (χ4n) is 3.36. The fraction of sp³-hybridized carbons (Fsp3) is 0.300. The highest BCUT2D eigenvalue weighted by atomic mass is 16.6. The minimum Gasteiger partial charge on any atom is -0.491 e. The number of oxime groups is 1. The molecule has 0 aromatic heterocycles. The maximum absolute atomic E-state index is 9.96. The van der Waals surface area contributed by atoms with Crippen molar-refractivity contribution >= 4 is 5.71 Å². The Morgan fingerprint density at radius 1 is 1.17 bits per heavy atom. The number of para-hydroxylation sites is 1. The summed E-state index contributed by atoms with van der Waals surface area (Å²) in [5.41, 5.74) is 2.81. The van der Waals surface area contributed by atoms with Crippen molar-refractivity contribution in [3.8, 4) is 11.8 Å². The van der Waals surface area contributed by atoms with Gasteiger partial charge in [0.05, 0.1) is 6.07 Å². The van der Waals surface area contributed by atoms with Gasteiger partial charge in [-0.25, -0.2) is 0 Å². The Bertz CT molecular complexity index is 849. The Kier molecular flexibility index (Phi) is 3.31. The Labute approximate surface area is 141 Å². The molecule has 2 heterocycles. The summed E-state index contributed by atoms with van der Waals surface area (Å²) in [5.74, 6) is 1.21. The van der Waals surface area contributed by atoms with Gasteiger partial charge in [-0.2, -0.15) is 5.26 Å². The van der Waals surface area contributed by atoms with Gasteiger partial charge in [-0.15, -0.1) is 0 Å². The molecule has 0 fully saturated rings.